The number of hydrogen-bond acceptors (Lipinski definition) is 3. The van der Waals surface area contributed by atoms with E-state index in [4.69, 9.17) is 15.9 Å². The van der Waals surface area contributed by atoms with Gasteiger partial charge in [0, 0.05) is 19.1 Å². The molecule has 0 aromatic heterocycles. The minimum atomic E-state index is 0.0516. The minimum Gasteiger partial charge on any atom is -0.493 e. The number of nitrogens with zero attached hydrogens (tertiary/aromatic N) is 1. The summed E-state index contributed by atoms with van der Waals surface area (Å²) in [6.07, 6.45) is 13.8. The van der Waals surface area contributed by atoms with Gasteiger partial charge in [0.2, 0.25) is 0 Å². The maximum atomic E-state index is 12.9. The Balaban J connectivity index is 1.61. The van der Waals surface area contributed by atoms with E-state index in [0.717, 1.165) is 24.9 Å². The first-order valence-corrected chi connectivity index (χ1v) is 9.99. The first-order chi connectivity index (χ1) is 13.2. The molecule has 2 amide bonds. The highest BCUT2D eigenvalue weighted by Crippen LogP contribution is 2.33. The van der Waals surface area contributed by atoms with E-state index in [0.29, 0.717) is 30.0 Å². The van der Waals surface area contributed by atoms with Crippen molar-refractivity contribution >= 4 is 6.03 Å². The minimum absolute atomic E-state index is 0.0516. The summed E-state index contributed by atoms with van der Waals surface area (Å²) in [5, 5.41) is 3.10. The molecule has 2 aliphatic carbocycles. The van der Waals surface area contributed by atoms with Crippen LogP contribution in [0, 0.1) is 18.3 Å². The molecule has 3 rings (SSSR count). The summed E-state index contributed by atoms with van der Waals surface area (Å²) in [6, 6.07) is 6.10. The Hall–Kier alpha value is -2.35. The summed E-state index contributed by atoms with van der Waals surface area (Å²) in [6.45, 7) is 1.54. The van der Waals surface area contributed by atoms with E-state index in [-0.39, 0.29) is 12.6 Å². The van der Waals surface area contributed by atoms with E-state index in [2.05, 4.69) is 16.1 Å². The van der Waals surface area contributed by atoms with Crippen molar-refractivity contribution < 1.29 is 14.3 Å². The van der Waals surface area contributed by atoms with Crippen molar-refractivity contribution in [3.63, 3.8) is 0 Å². The topological polar surface area (TPSA) is 50.8 Å². The molecule has 5 nitrogen and oxygen atoms in total. The van der Waals surface area contributed by atoms with Crippen LogP contribution >= 0.6 is 0 Å². The van der Waals surface area contributed by atoms with Gasteiger partial charge in [0.05, 0.1) is 7.11 Å². The largest absolute Gasteiger partial charge is 0.493 e. The third-order valence-electron chi connectivity index (χ3n) is 5.41. The van der Waals surface area contributed by atoms with E-state index in [1.165, 1.54) is 32.1 Å². The number of terminal acetylenes is 1. The van der Waals surface area contributed by atoms with Gasteiger partial charge in [-0.3, -0.25) is 0 Å². The molecule has 0 aliphatic heterocycles. The fourth-order valence-corrected chi connectivity index (χ4v) is 3.71. The Morgan fingerprint density at radius 3 is 2.67 bits per heavy atom. The third kappa shape index (κ3) is 5.56. The fourth-order valence-electron chi connectivity index (χ4n) is 3.71. The van der Waals surface area contributed by atoms with E-state index < -0.39 is 0 Å². The number of benzene rings is 1. The number of rotatable bonds is 8. The molecular formula is C22H30N2O3. The zero-order valence-electron chi connectivity index (χ0n) is 16.2. The molecular weight excluding hydrogens is 340 g/mol. The summed E-state index contributed by atoms with van der Waals surface area (Å²) >= 11 is 0. The standard InChI is InChI=1S/C22H30N2O3/c1-3-13-27-21-14-18(11-12-20(21)26-2)15-23-22(25)24(16-17-9-10-17)19-7-5-4-6-8-19/h1,11-12,14,17,19H,4-10,13,15-16H2,2H3,(H,23,25). The molecule has 5 heteroatoms. The number of ether oxygens (including phenoxy) is 2. The molecule has 0 bridgehead atoms. The molecule has 1 aromatic rings. The summed E-state index contributed by atoms with van der Waals surface area (Å²) in [4.78, 5) is 15.0. The second-order valence-corrected chi connectivity index (χ2v) is 7.52. The second kappa shape index (κ2) is 9.55. The summed E-state index contributed by atoms with van der Waals surface area (Å²) < 4.78 is 10.8. The van der Waals surface area contributed by atoms with Crippen molar-refractivity contribution in [2.45, 2.75) is 57.5 Å². The van der Waals surface area contributed by atoms with Gasteiger partial charge in [0.15, 0.2) is 11.5 Å². The smallest absolute Gasteiger partial charge is 0.317 e. The molecule has 1 N–H and O–H groups in total. The monoisotopic (exact) mass is 370 g/mol. The number of nitrogens with one attached hydrogen (secondary N) is 1. The number of carbonyl (C=O) groups is 1. The zero-order valence-corrected chi connectivity index (χ0v) is 16.2. The maximum Gasteiger partial charge on any atom is 0.317 e. The van der Waals surface area contributed by atoms with E-state index in [1.54, 1.807) is 7.11 Å². The van der Waals surface area contributed by atoms with Crippen LogP contribution in [0.3, 0.4) is 0 Å². The summed E-state index contributed by atoms with van der Waals surface area (Å²) in [5.41, 5.74) is 0.964. The predicted molar refractivity (Wildman–Crippen MR) is 106 cm³/mol. The van der Waals surface area contributed by atoms with Gasteiger partial charge in [-0.2, -0.15) is 0 Å². The number of hydrogen-bond donors (Lipinski definition) is 1. The fraction of sp³-hybridized carbons (Fsp3) is 0.591. The molecule has 0 heterocycles. The molecule has 0 atom stereocenters. The normalized spacial score (nSPS) is 17.0. The van der Waals surface area contributed by atoms with Crippen LogP contribution in [0.4, 0.5) is 4.79 Å². The first kappa shape index (κ1) is 19.4. The second-order valence-electron chi connectivity index (χ2n) is 7.52. The number of carbonyl (C=O) groups excluding carboxylic acids is 1. The Labute approximate surface area is 162 Å². The van der Waals surface area contributed by atoms with Crippen LogP contribution in [0.2, 0.25) is 0 Å². The summed E-state index contributed by atoms with van der Waals surface area (Å²) in [5.74, 6) is 4.39. The van der Waals surface area contributed by atoms with Gasteiger partial charge in [-0.1, -0.05) is 31.2 Å². The Morgan fingerprint density at radius 2 is 2.00 bits per heavy atom. The SMILES string of the molecule is C#CCOc1cc(CNC(=O)N(CC2CC2)C2CCCCC2)ccc1OC. The molecule has 1 aromatic carbocycles. The Bertz CT molecular complexity index is 673. The molecule has 146 valence electrons. The average Bonchev–Trinajstić information content (AvgIpc) is 3.53. The highest BCUT2D eigenvalue weighted by molar-refractivity contribution is 5.74. The van der Waals surface area contributed by atoms with Crippen LogP contribution in [-0.2, 0) is 6.54 Å². The van der Waals surface area contributed by atoms with Gasteiger partial charge in [-0.25, -0.2) is 4.79 Å². The van der Waals surface area contributed by atoms with Crippen molar-refractivity contribution in [1.29, 1.82) is 0 Å². The molecule has 27 heavy (non-hydrogen) atoms. The molecule has 0 spiro atoms. The lowest BCUT2D eigenvalue weighted by Gasteiger charge is -2.34. The molecule has 0 unspecified atom stereocenters. The molecule has 2 fully saturated rings. The zero-order chi connectivity index (χ0) is 19.1. The number of urea groups is 1. The lowest BCUT2D eigenvalue weighted by molar-refractivity contribution is 0.151. The molecule has 0 radical (unpaired) electrons. The van der Waals surface area contributed by atoms with Crippen LogP contribution in [0.5, 0.6) is 11.5 Å². The van der Waals surface area contributed by atoms with E-state index in [9.17, 15) is 4.79 Å². The number of amides is 2. The summed E-state index contributed by atoms with van der Waals surface area (Å²) in [7, 11) is 1.60. The van der Waals surface area contributed by atoms with Crippen LogP contribution in [0.15, 0.2) is 18.2 Å². The van der Waals surface area contributed by atoms with E-state index in [1.807, 2.05) is 18.2 Å². The van der Waals surface area contributed by atoms with Gasteiger partial charge < -0.3 is 19.7 Å². The van der Waals surface area contributed by atoms with Gasteiger partial charge >= 0.3 is 6.03 Å². The predicted octanol–water partition coefficient (Wildman–Crippen LogP) is 3.96. The molecule has 2 aliphatic rings. The van der Waals surface area contributed by atoms with Crippen LogP contribution in [-0.4, -0.2) is 37.2 Å². The molecule has 0 saturated heterocycles. The Kier molecular flexibility index (Phi) is 6.86. The average molecular weight is 370 g/mol. The van der Waals surface area contributed by atoms with Crippen molar-refractivity contribution in [2.75, 3.05) is 20.3 Å². The van der Waals surface area contributed by atoms with Gasteiger partial charge in [-0.05, 0) is 49.3 Å². The van der Waals surface area contributed by atoms with Crippen LogP contribution < -0.4 is 14.8 Å². The van der Waals surface area contributed by atoms with Crippen molar-refractivity contribution in [2.24, 2.45) is 5.92 Å². The molecule has 2 saturated carbocycles. The number of methoxy groups -OCH3 is 1. The third-order valence-corrected chi connectivity index (χ3v) is 5.41. The van der Waals surface area contributed by atoms with Crippen molar-refractivity contribution in [3.8, 4) is 23.8 Å². The van der Waals surface area contributed by atoms with Crippen molar-refractivity contribution in [1.82, 2.24) is 10.2 Å². The van der Waals surface area contributed by atoms with E-state index >= 15 is 0 Å². The lowest BCUT2D eigenvalue weighted by Crippen LogP contribution is -2.47. The maximum absolute atomic E-state index is 12.9. The first-order valence-electron chi connectivity index (χ1n) is 9.99. The van der Waals surface area contributed by atoms with Gasteiger partial charge in [-0.15, -0.1) is 6.42 Å². The van der Waals surface area contributed by atoms with Crippen molar-refractivity contribution in [3.05, 3.63) is 23.8 Å². The van der Waals surface area contributed by atoms with Crippen LogP contribution in [0.25, 0.3) is 0 Å². The quantitative estimate of drug-likeness (QED) is 0.705. The Morgan fingerprint density at radius 1 is 1.22 bits per heavy atom. The highest BCUT2D eigenvalue weighted by Gasteiger charge is 2.31. The van der Waals surface area contributed by atoms with Gasteiger partial charge in [0.25, 0.3) is 0 Å². The highest BCUT2D eigenvalue weighted by atomic mass is 16.5. The van der Waals surface area contributed by atoms with Gasteiger partial charge in [0.1, 0.15) is 6.61 Å². The van der Waals surface area contributed by atoms with Crippen LogP contribution in [0.1, 0.15) is 50.5 Å². The lowest BCUT2D eigenvalue weighted by atomic mass is 9.94.